The van der Waals surface area contributed by atoms with Crippen LogP contribution < -0.4 is 5.63 Å². The van der Waals surface area contributed by atoms with Crippen LogP contribution in [0.15, 0.2) is 82.0 Å². The summed E-state index contributed by atoms with van der Waals surface area (Å²) in [6.07, 6.45) is 0. The molecule has 0 spiro atoms. The molecule has 0 unspecified atom stereocenters. The molecule has 0 radical (unpaired) electrons. The standard InChI is InChI=1S/C26H24O2/c1-17-5-7-18(8-6-17)19-9-11-20(12-10-19)22-16-25(27)28-24-14-13-21(15-23(22)24)26(2,3)4/h5-16H,1-4H3. The highest BCUT2D eigenvalue weighted by molar-refractivity contribution is 5.94. The number of benzene rings is 3. The van der Waals surface area contributed by atoms with Gasteiger partial charge >= 0.3 is 5.63 Å². The van der Waals surface area contributed by atoms with E-state index in [1.54, 1.807) is 6.07 Å². The summed E-state index contributed by atoms with van der Waals surface area (Å²) in [5.41, 5.74) is 7.05. The minimum absolute atomic E-state index is 0.0247. The second-order valence-electron chi connectivity index (χ2n) is 8.38. The summed E-state index contributed by atoms with van der Waals surface area (Å²) in [6, 6.07) is 24.5. The van der Waals surface area contributed by atoms with Crippen LogP contribution in [0.4, 0.5) is 0 Å². The van der Waals surface area contributed by atoms with Crippen LogP contribution in [0, 0.1) is 6.92 Å². The second-order valence-corrected chi connectivity index (χ2v) is 8.38. The Morgan fingerprint density at radius 2 is 1.29 bits per heavy atom. The maximum Gasteiger partial charge on any atom is 0.336 e. The molecule has 0 aliphatic heterocycles. The third-order valence-electron chi connectivity index (χ3n) is 5.19. The summed E-state index contributed by atoms with van der Waals surface area (Å²) in [7, 11) is 0. The van der Waals surface area contributed by atoms with E-state index in [0.29, 0.717) is 5.58 Å². The van der Waals surface area contributed by atoms with Gasteiger partial charge in [-0.3, -0.25) is 0 Å². The van der Waals surface area contributed by atoms with Crippen molar-refractivity contribution in [3.8, 4) is 22.3 Å². The van der Waals surface area contributed by atoms with E-state index in [0.717, 1.165) is 22.1 Å². The molecule has 0 aliphatic rings. The van der Waals surface area contributed by atoms with Crippen LogP contribution in [0.2, 0.25) is 0 Å². The van der Waals surface area contributed by atoms with Crippen molar-refractivity contribution in [1.29, 1.82) is 0 Å². The molecule has 1 heterocycles. The third kappa shape index (κ3) is 3.50. The maximum absolute atomic E-state index is 12.1. The zero-order valence-corrected chi connectivity index (χ0v) is 16.7. The first-order valence-corrected chi connectivity index (χ1v) is 9.57. The lowest BCUT2D eigenvalue weighted by Crippen LogP contribution is -2.11. The number of rotatable bonds is 2. The van der Waals surface area contributed by atoms with Crippen LogP contribution in [0.5, 0.6) is 0 Å². The summed E-state index contributed by atoms with van der Waals surface area (Å²) in [6.45, 7) is 8.64. The van der Waals surface area contributed by atoms with Gasteiger partial charge in [-0.05, 0) is 52.3 Å². The van der Waals surface area contributed by atoms with Gasteiger partial charge < -0.3 is 4.42 Å². The molecule has 0 bridgehead atoms. The Morgan fingerprint density at radius 3 is 1.89 bits per heavy atom. The average molecular weight is 368 g/mol. The summed E-state index contributed by atoms with van der Waals surface area (Å²) in [4.78, 5) is 12.1. The fraction of sp³-hybridized carbons (Fsp3) is 0.192. The first-order valence-electron chi connectivity index (χ1n) is 9.57. The van der Waals surface area contributed by atoms with Crippen molar-refractivity contribution >= 4 is 11.0 Å². The van der Waals surface area contributed by atoms with Crippen molar-refractivity contribution in [2.45, 2.75) is 33.1 Å². The van der Waals surface area contributed by atoms with E-state index < -0.39 is 0 Å². The van der Waals surface area contributed by atoms with Crippen molar-refractivity contribution < 1.29 is 4.42 Å². The molecule has 0 aliphatic carbocycles. The minimum atomic E-state index is -0.325. The van der Waals surface area contributed by atoms with E-state index in [1.165, 1.54) is 16.7 Å². The lowest BCUT2D eigenvalue weighted by atomic mass is 9.85. The fourth-order valence-electron chi connectivity index (χ4n) is 3.46. The monoisotopic (exact) mass is 368 g/mol. The molecule has 3 aromatic carbocycles. The highest BCUT2D eigenvalue weighted by Gasteiger charge is 2.16. The van der Waals surface area contributed by atoms with Crippen molar-refractivity contribution in [3.63, 3.8) is 0 Å². The minimum Gasteiger partial charge on any atom is -0.423 e. The van der Waals surface area contributed by atoms with E-state index in [2.05, 4.69) is 82.3 Å². The molecule has 4 aromatic rings. The average Bonchev–Trinajstić information content (AvgIpc) is 2.67. The highest BCUT2D eigenvalue weighted by Crippen LogP contribution is 2.32. The molecular weight excluding hydrogens is 344 g/mol. The molecular formula is C26H24O2. The Labute approximate surface area is 165 Å². The van der Waals surface area contributed by atoms with E-state index >= 15 is 0 Å². The normalized spacial score (nSPS) is 11.7. The lowest BCUT2D eigenvalue weighted by Gasteiger charge is -2.19. The molecule has 0 amide bonds. The Kier molecular flexibility index (Phi) is 4.43. The Bertz CT molecular complexity index is 1190. The first-order chi connectivity index (χ1) is 13.3. The SMILES string of the molecule is Cc1ccc(-c2ccc(-c3cc(=O)oc4ccc(C(C)(C)C)cc34)cc2)cc1. The van der Waals surface area contributed by atoms with Gasteiger partial charge in [0, 0.05) is 11.5 Å². The van der Waals surface area contributed by atoms with Gasteiger partial charge in [0.2, 0.25) is 0 Å². The van der Waals surface area contributed by atoms with Crippen LogP contribution in [0.3, 0.4) is 0 Å². The number of aryl methyl sites for hydroxylation is 1. The van der Waals surface area contributed by atoms with Gasteiger partial charge in [0.15, 0.2) is 0 Å². The molecule has 4 rings (SSSR count). The molecule has 28 heavy (non-hydrogen) atoms. The summed E-state index contributed by atoms with van der Waals surface area (Å²) in [5.74, 6) is 0. The van der Waals surface area contributed by atoms with E-state index in [-0.39, 0.29) is 11.0 Å². The van der Waals surface area contributed by atoms with Crippen LogP contribution in [0.1, 0.15) is 31.9 Å². The van der Waals surface area contributed by atoms with Crippen LogP contribution >= 0.6 is 0 Å². The summed E-state index contributed by atoms with van der Waals surface area (Å²) in [5, 5.41) is 0.968. The topological polar surface area (TPSA) is 30.2 Å². The molecule has 0 saturated heterocycles. The van der Waals surface area contributed by atoms with Gasteiger partial charge in [0.25, 0.3) is 0 Å². The quantitative estimate of drug-likeness (QED) is 0.367. The summed E-state index contributed by atoms with van der Waals surface area (Å²) < 4.78 is 5.44. The summed E-state index contributed by atoms with van der Waals surface area (Å²) >= 11 is 0. The molecule has 0 N–H and O–H groups in total. The Balaban J connectivity index is 1.83. The molecule has 0 atom stereocenters. The number of hydrogen-bond donors (Lipinski definition) is 0. The van der Waals surface area contributed by atoms with E-state index in [9.17, 15) is 4.79 Å². The fourth-order valence-corrected chi connectivity index (χ4v) is 3.46. The van der Waals surface area contributed by atoms with Gasteiger partial charge in [-0.2, -0.15) is 0 Å². The lowest BCUT2D eigenvalue weighted by molar-refractivity contribution is 0.559. The Hall–Kier alpha value is -3.13. The second kappa shape index (κ2) is 6.79. The van der Waals surface area contributed by atoms with Crippen molar-refractivity contribution in [2.75, 3.05) is 0 Å². The van der Waals surface area contributed by atoms with Crippen LogP contribution in [-0.4, -0.2) is 0 Å². The molecule has 0 saturated carbocycles. The maximum atomic E-state index is 12.1. The molecule has 2 heteroatoms. The van der Waals surface area contributed by atoms with Crippen LogP contribution in [0.25, 0.3) is 33.2 Å². The molecule has 2 nitrogen and oxygen atoms in total. The van der Waals surface area contributed by atoms with E-state index in [1.807, 2.05) is 12.1 Å². The number of fused-ring (bicyclic) bond motifs is 1. The van der Waals surface area contributed by atoms with Crippen molar-refractivity contribution in [1.82, 2.24) is 0 Å². The predicted molar refractivity (Wildman–Crippen MR) is 117 cm³/mol. The van der Waals surface area contributed by atoms with Gasteiger partial charge in [-0.1, -0.05) is 80.9 Å². The van der Waals surface area contributed by atoms with E-state index in [4.69, 9.17) is 4.42 Å². The number of hydrogen-bond acceptors (Lipinski definition) is 2. The Morgan fingerprint density at radius 1 is 0.714 bits per heavy atom. The van der Waals surface area contributed by atoms with Crippen molar-refractivity contribution in [3.05, 3.63) is 94.3 Å². The first kappa shape index (κ1) is 18.2. The van der Waals surface area contributed by atoms with Crippen molar-refractivity contribution in [2.24, 2.45) is 0 Å². The zero-order valence-electron chi connectivity index (χ0n) is 16.7. The van der Waals surface area contributed by atoms with Gasteiger partial charge in [0.1, 0.15) is 5.58 Å². The largest absolute Gasteiger partial charge is 0.423 e. The molecule has 1 aromatic heterocycles. The molecule has 0 fully saturated rings. The van der Waals surface area contributed by atoms with Crippen LogP contribution in [-0.2, 0) is 5.41 Å². The highest BCUT2D eigenvalue weighted by atomic mass is 16.4. The smallest absolute Gasteiger partial charge is 0.336 e. The zero-order chi connectivity index (χ0) is 19.9. The van der Waals surface area contributed by atoms with Gasteiger partial charge in [0.05, 0.1) is 0 Å². The predicted octanol–water partition coefficient (Wildman–Crippen LogP) is 6.73. The van der Waals surface area contributed by atoms with Gasteiger partial charge in [-0.25, -0.2) is 4.79 Å². The third-order valence-corrected chi connectivity index (χ3v) is 5.19. The van der Waals surface area contributed by atoms with Gasteiger partial charge in [-0.15, -0.1) is 0 Å². The molecule has 140 valence electrons.